The summed E-state index contributed by atoms with van der Waals surface area (Å²) in [7, 11) is -3.61. The van der Waals surface area contributed by atoms with Gasteiger partial charge in [0.05, 0.1) is 0 Å². The van der Waals surface area contributed by atoms with Crippen LogP contribution in [-0.2, 0) is 15.0 Å². The van der Waals surface area contributed by atoms with E-state index in [4.69, 9.17) is 0 Å². The minimum absolute atomic E-state index is 0.162. The fraction of sp³-hybridized carbons (Fsp3) is 0.800. The molecule has 0 aromatic carbocycles. The van der Waals surface area contributed by atoms with Crippen LogP contribution >= 0.6 is 0 Å². The third-order valence-corrected chi connectivity index (χ3v) is 5.67. The molecule has 0 aromatic rings. The molecule has 0 bridgehead atoms. The number of carbonyl (C=O) groups is 1. The monoisotopic (exact) mass is 314 g/mol. The Hall–Kier alpha value is -0.880. The van der Waals surface area contributed by atoms with E-state index in [1.807, 2.05) is 0 Å². The lowest BCUT2D eigenvalue weighted by Gasteiger charge is -2.15. The lowest BCUT2D eigenvalue weighted by molar-refractivity contribution is -0.120. The van der Waals surface area contributed by atoms with Crippen LogP contribution in [0.4, 0.5) is 0 Å². The molecule has 120 valence electrons. The van der Waals surface area contributed by atoms with Crippen molar-refractivity contribution in [1.82, 2.24) is 9.03 Å². The quantitative estimate of drug-likeness (QED) is 0.552. The van der Waals surface area contributed by atoms with E-state index in [-0.39, 0.29) is 17.7 Å². The molecule has 0 radical (unpaired) electrons. The molecule has 5 nitrogen and oxygen atoms in total. The van der Waals surface area contributed by atoms with Gasteiger partial charge >= 0.3 is 10.2 Å². The number of unbranched alkanes of at least 4 members (excludes halogenated alkanes) is 3. The third-order valence-electron chi connectivity index (χ3n) is 4.17. The van der Waals surface area contributed by atoms with E-state index < -0.39 is 10.2 Å². The molecule has 2 aliphatic rings. The highest BCUT2D eigenvalue weighted by molar-refractivity contribution is 7.87. The van der Waals surface area contributed by atoms with Crippen molar-refractivity contribution in [2.45, 2.75) is 51.9 Å². The molecule has 2 rings (SSSR count). The Bertz CT molecular complexity index is 481. The molecule has 0 unspecified atom stereocenters. The van der Waals surface area contributed by atoms with Gasteiger partial charge in [0.2, 0.25) is 5.91 Å². The van der Waals surface area contributed by atoms with Gasteiger partial charge in [0.1, 0.15) is 0 Å². The van der Waals surface area contributed by atoms with Crippen LogP contribution in [0.25, 0.3) is 0 Å². The van der Waals surface area contributed by atoms with Gasteiger partial charge in [0.25, 0.3) is 0 Å². The second-order valence-electron chi connectivity index (χ2n) is 6.01. The zero-order valence-electron chi connectivity index (χ0n) is 12.8. The zero-order chi connectivity index (χ0) is 15.3. The SMILES string of the molecule is CCCCC/C=C\[C@@H]1C[C@@H]1C(=O)NS(=O)(=O)N1CCCC1. The first-order chi connectivity index (χ1) is 10.0. The first kappa shape index (κ1) is 16.5. The van der Waals surface area contributed by atoms with E-state index in [1.54, 1.807) is 0 Å². The highest BCUT2D eigenvalue weighted by atomic mass is 32.2. The smallest absolute Gasteiger partial charge is 0.274 e. The van der Waals surface area contributed by atoms with Gasteiger partial charge in [-0.2, -0.15) is 12.7 Å². The van der Waals surface area contributed by atoms with Gasteiger partial charge in [-0.15, -0.1) is 0 Å². The van der Waals surface area contributed by atoms with Gasteiger partial charge in [-0.05, 0) is 38.0 Å². The lowest BCUT2D eigenvalue weighted by Crippen LogP contribution is -2.42. The number of carbonyl (C=O) groups excluding carboxylic acids is 1. The van der Waals surface area contributed by atoms with Crippen molar-refractivity contribution in [2.75, 3.05) is 13.1 Å². The van der Waals surface area contributed by atoms with Gasteiger partial charge < -0.3 is 0 Å². The highest BCUT2D eigenvalue weighted by Gasteiger charge is 2.43. The summed E-state index contributed by atoms with van der Waals surface area (Å²) >= 11 is 0. The van der Waals surface area contributed by atoms with E-state index >= 15 is 0 Å². The molecule has 2 atom stereocenters. The Morgan fingerprint density at radius 2 is 2.00 bits per heavy atom. The molecule has 0 aromatic heterocycles. The molecule has 0 spiro atoms. The molecule has 1 aliphatic carbocycles. The summed E-state index contributed by atoms with van der Waals surface area (Å²) < 4.78 is 27.6. The van der Waals surface area contributed by atoms with Gasteiger partial charge in [-0.25, -0.2) is 4.72 Å². The third kappa shape index (κ3) is 4.81. The summed E-state index contributed by atoms with van der Waals surface area (Å²) in [5.74, 6) is -0.282. The molecule has 21 heavy (non-hydrogen) atoms. The van der Waals surface area contributed by atoms with E-state index in [9.17, 15) is 13.2 Å². The first-order valence-electron chi connectivity index (χ1n) is 8.03. The highest BCUT2D eigenvalue weighted by Crippen LogP contribution is 2.40. The second-order valence-corrected chi connectivity index (χ2v) is 7.68. The van der Waals surface area contributed by atoms with Crippen LogP contribution in [0.2, 0.25) is 0 Å². The summed E-state index contributed by atoms with van der Waals surface area (Å²) in [5, 5.41) is 0. The van der Waals surface area contributed by atoms with Crippen LogP contribution in [0, 0.1) is 11.8 Å². The number of hydrogen-bond donors (Lipinski definition) is 1. The minimum atomic E-state index is -3.61. The maximum atomic E-state index is 12.0. The molecular formula is C15H26N2O3S. The Balaban J connectivity index is 1.73. The Morgan fingerprint density at radius 1 is 1.29 bits per heavy atom. The molecule has 1 saturated carbocycles. The van der Waals surface area contributed by atoms with Crippen LogP contribution in [0.3, 0.4) is 0 Å². The Morgan fingerprint density at radius 3 is 2.67 bits per heavy atom. The van der Waals surface area contributed by atoms with Gasteiger partial charge in [0.15, 0.2) is 0 Å². The summed E-state index contributed by atoms with van der Waals surface area (Å²) in [5.41, 5.74) is 0. The maximum absolute atomic E-state index is 12.0. The maximum Gasteiger partial charge on any atom is 0.303 e. The Kier molecular flexibility index (Phi) is 5.81. The first-order valence-corrected chi connectivity index (χ1v) is 9.47. The van der Waals surface area contributed by atoms with Crippen molar-refractivity contribution in [3.63, 3.8) is 0 Å². The number of hydrogen-bond acceptors (Lipinski definition) is 3. The van der Waals surface area contributed by atoms with Gasteiger partial charge in [0, 0.05) is 19.0 Å². The van der Waals surface area contributed by atoms with Crippen molar-refractivity contribution >= 4 is 16.1 Å². The number of rotatable bonds is 8. The lowest BCUT2D eigenvalue weighted by atomic mass is 10.2. The average Bonchev–Trinajstić information content (AvgIpc) is 2.98. The van der Waals surface area contributed by atoms with E-state index in [1.165, 1.54) is 23.6 Å². The molecule has 1 N–H and O–H groups in total. The van der Waals surface area contributed by atoms with Crippen LogP contribution in [0.5, 0.6) is 0 Å². The van der Waals surface area contributed by atoms with Crippen LogP contribution in [-0.4, -0.2) is 31.7 Å². The van der Waals surface area contributed by atoms with Crippen molar-refractivity contribution in [2.24, 2.45) is 11.8 Å². The number of amides is 1. The molecule has 6 heteroatoms. The van der Waals surface area contributed by atoms with Crippen LogP contribution < -0.4 is 4.72 Å². The summed E-state index contributed by atoms with van der Waals surface area (Å²) in [6, 6.07) is 0. The van der Waals surface area contributed by atoms with Gasteiger partial charge in [-0.3, -0.25) is 4.79 Å². The molecule has 2 fully saturated rings. The fourth-order valence-corrected chi connectivity index (χ4v) is 3.98. The van der Waals surface area contributed by atoms with Crippen molar-refractivity contribution < 1.29 is 13.2 Å². The second kappa shape index (κ2) is 7.40. The predicted molar refractivity (Wildman–Crippen MR) is 82.7 cm³/mol. The number of nitrogens with zero attached hydrogens (tertiary/aromatic N) is 1. The van der Waals surface area contributed by atoms with E-state index in [2.05, 4.69) is 23.8 Å². The van der Waals surface area contributed by atoms with Crippen LogP contribution in [0.1, 0.15) is 51.9 Å². The number of nitrogens with one attached hydrogen (secondary N) is 1. The van der Waals surface area contributed by atoms with Gasteiger partial charge in [-0.1, -0.05) is 31.9 Å². The molecular weight excluding hydrogens is 288 g/mol. The predicted octanol–water partition coefficient (Wildman–Crippen LogP) is 2.22. The Labute approximate surface area is 128 Å². The summed E-state index contributed by atoms with van der Waals surface area (Å²) in [6.07, 6.45) is 11.4. The van der Waals surface area contributed by atoms with Crippen molar-refractivity contribution in [1.29, 1.82) is 0 Å². The topological polar surface area (TPSA) is 66.5 Å². The van der Waals surface area contributed by atoms with E-state index in [0.717, 1.165) is 25.7 Å². The van der Waals surface area contributed by atoms with E-state index in [0.29, 0.717) is 13.1 Å². The minimum Gasteiger partial charge on any atom is -0.274 e. The molecule has 1 amide bonds. The fourth-order valence-electron chi connectivity index (χ4n) is 2.71. The van der Waals surface area contributed by atoms with Crippen LogP contribution in [0.15, 0.2) is 12.2 Å². The molecule has 1 heterocycles. The average molecular weight is 314 g/mol. The number of allylic oxidation sites excluding steroid dienone is 2. The largest absolute Gasteiger partial charge is 0.303 e. The summed E-state index contributed by atoms with van der Waals surface area (Å²) in [4.78, 5) is 12.0. The molecule has 1 aliphatic heterocycles. The van der Waals surface area contributed by atoms with Crippen molar-refractivity contribution in [3.05, 3.63) is 12.2 Å². The summed E-state index contributed by atoms with van der Waals surface area (Å²) in [6.45, 7) is 3.22. The molecule has 1 saturated heterocycles. The normalized spacial score (nSPS) is 26.3. The zero-order valence-corrected chi connectivity index (χ0v) is 13.6. The standard InChI is InChI=1S/C15H26N2O3S/c1-2-3-4-5-6-9-13-12-14(13)15(18)16-21(19,20)17-10-7-8-11-17/h6,9,13-14H,2-5,7-8,10-12H2,1H3,(H,16,18)/b9-6-/t13-,14+/m1/s1. The van der Waals surface area contributed by atoms with Crippen molar-refractivity contribution in [3.8, 4) is 0 Å².